The van der Waals surface area contributed by atoms with Gasteiger partial charge in [0.15, 0.2) is 12.6 Å². The maximum atomic E-state index is 12.8. The number of carbonyl (C=O) groups is 2. The van der Waals surface area contributed by atoms with Gasteiger partial charge in [-0.05, 0) is 12.1 Å². The minimum absolute atomic E-state index is 0.0381. The van der Waals surface area contributed by atoms with E-state index in [2.05, 4.69) is 27.7 Å². The topological polar surface area (TPSA) is 71.1 Å². The van der Waals surface area contributed by atoms with Crippen LogP contribution in [0.1, 0.15) is 70.7 Å². The molecule has 2 saturated heterocycles. The third-order valence-electron chi connectivity index (χ3n) is 5.37. The highest BCUT2D eigenvalue weighted by Gasteiger charge is 2.39. The van der Waals surface area contributed by atoms with E-state index in [1.807, 2.05) is 0 Å². The standard InChI is InChI=1S/C22H24O6S2/c1-21(2)7-25-19(26-8-21)13-5-11-15(23)16(24)12-6-14(30-18(12)17(11)29-13)20-27-9-22(3,4)10-28-20/h5-6,19-20H,7-10H2,1-4H3. The largest absolute Gasteiger partial charge is 0.347 e. The number of hydrogen-bond donors (Lipinski definition) is 0. The van der Waals surface area contributed by atoms with Crippen LogP contribution in [0.25, 0.3) is 9.75 Å². The molecule has 2 aliphatic heterocycles. The highest BCUT2D eigenvalue weighted by molar-refractivity contribution is 7.23. The summed E-state index contributed by atoms with van der Waals surface area (Å²) in [5, 5.41) is 0. The fourth-order valence-electron chi connectivity index (χ4n) is 3.68. The molecule has 5 rings (SSSR count). The van der Waals surface area contributed by atoms with Gasteiger partial charge in [-0.15, -0.1) is 22.7 Å². The number of fused-ring (bicyclic) bond motifs is 3. The monoisotopic (exact) mass is 448 g/mol. The second-order valence-corrected chi connectivity index (χ2v) is 11.8. The fourth-order valence-corrected chi connectivity index (χ4v) is 6.15. The van der Waals surface area contributed by atoms with Crippen molar-refractivity contribution in [1.29, 1.82) is 0 Å². The summed E-state index contributed by atoms with van der Waals surface area (Å²) in [7, 11) is 0. The molecule has 2 fully saturated rings. The van der Waals surface area contributed by atoms with Crippen LogP contribution in [-0.4, -0.2) is 38.0 Å². The van der Waals surface area contributed by atoms with E-state index in [4.69, 9.17) is 18.9 Å². The van der Waals surface area contributed by atoms with Crippen LogP contribution in [0.2, 0.25) is 0 Å². The highest BCUT2D eigenvalue weighted by atomic mass is 32.1. The molecule has 4 heterocycles. The van der Waals surface area contributed by atoms with Gasteiger partial charge in [0, 0.05) is 22.0 Å². The van der Waals surface area contributed by atoms with Gasteiger partial charge in [-0.1, -0.05) is 27.7 Å². The van der Waals surface area contributed by atoms with Crippen molar-refractivity contribution in [3.05, 3.63) is 33.0 Å². The molecule has 0 unspecified atom stereocenters. The summed E-state index contributed by atoms with van der Waals surface area (Å²) in [5.41, 5.74) is 0.793. The van der Waals surface area contributed by atoms with E-state index in [1.165, 1.54) is 22.7 Å². The van der Waals surface area contributed by atoms with Crippen LogP contribution in [0.15, 0.2) is 12.1 Å². The molecule has 2 aromatic heterocycles. The van der Waals surface area contributed by atoms with Crippen molar-refractivity contribution in [1.82, 2.24) is 0 Å². The Hall–Kier alpha value is -1.42. The molecule has 8 heteroatoms. The average molecular weight is 449 g/mol. The highest BCUT2D eigenvalue weighted by Crippen LogP contribution is 2.48. The van der Waals surface area contributed by atoms with Gasteiger partial charge in [0.1, 0.15) is 0 Å². The van der Waals surface area contributed by atoms with E-state index >= 15 is 0 Å². The lowest BCUT2D eigenvalue weighted by molar-refractivity contribution is -0.224. The zero-order chi connectivity index (χ0) is 21.3. The molecule has 0 amide bonds. The first-order chi connectivity index (χ1) is 14.1. The molecular weight excluding hydrogens is 424 g/mol. The predicted molar refractivity (Wildman–Crippen MR) is 113 cm³/mol. The van der Waals surface area contributed by atoms with Crippen molar-refractivity contribution in [2.24, 2.45) is 10.8 Å². The van der Waals surface area contributed by atoms with Gasteiger partial charge in [-0.3, -0.25) is 9.59 Å². The van der Waals surface area contributed by atoms with Crippen LogP contribution in [-0.2, 0) is 18.9 Å². The van der Waals surface area contributed by atoms with Crippen LogP contribution in [0.4, 0.5) is 0 Å². The number of Topliss-reactive ketones (excluding diaryl/α,β-unsaturated/α-hetero) is 2. The summed E-state index contributed by atoms with van der Waals surface area (Å²) >= 11 is 2.91. The fraction of sp³-hybridized carbons (Fsp3) is 0.545. The molecule has 3 aliphatic rings. The zero-order valence-corrected chi connectivity index (χ0v) is 19.0. The van der Waals surface area contributed by atoms with Gasteiger partial charge in [-0.25, -0.2) is 0 Å². The molecule has 0 spiro atoms. The van der Waals surface area contributed by atoms with Gasteiger partial charge in [0.25, 0.3) is 0 Å². The second-order valence-electron chi connectivity index (χ2n) is 9.68. The smallest absolute Gasteiger partial charge is 0.235 e. The van der Waals surface area contributed by atoms with Crippen LogP contribution in [0.5, 0.6) is 0 Å². The lowest BCUT2D eigenvalue weighted by atomic mass is 9.94. The van der Waals surface area contributed by atoms with Crippen molar-refractivity contribution in [2.45, 2.75) is 40.3 Å². The van der Waals surface area contributed by atoms with E-state index in [0.29, 0.717) is 37.6 Å². The predicted octanol–water partition coefficient (Wildman–Crippen LogP) is 5.00. The quantitative estimate of drug-likeness (QED) is 0.602. The number of ketones is 2. The normalized spacial score (nSPS) is 24.0. The van der Waals surface area contributed by atoms with Crippen LogP contribution < -0.4 is 0 Å². The van der Waals surface area contributed by atoms with Gasteiger partial charge in [0.2, 0.25) is 11.6 Å². The molecule has 1 aliphatic carbocycles. The Kier molecular flexibility index (Phi) is 4.81. The summed E-state index contributed by atoms with van der Waals surface area (Å²) in [6.07, 6.45) is -1.02. The molecule has 0 aromatic carbocycles. The van der Waals surface area contributed by atoms with Gasteiger partial charge in [-0.2, -0.15) is 0 Å². The maximum Gasteiger partial charge on any atom is 0.235 e. The van der Waals surface area contributed by atoms with Gasteiger partial charge >= 0.3 is 0 Å². The zero-order valence-electron chi connectivity index (χ0n) is 17.4. The van der Waals surface area contributed by atoms with Crippen LogP contribution in [0, 0.1) is 10.8 Å². The average Bonchev–Trinajstić information content (AvgIpc) is 3.31. The Labute approximate surface area is 183 Å². The number of ether oxygens (including phenoxy) is 4. The third kappa shape index (κ3) is 3.49. The van der Waals surface area contributed by atoms with Crippen molar-refractivity contribution in [2.75, 3.05) is 26.4 Å². The minimum Gasteiger partial charge on any atom is -0.347 e. The molecule has 160 valence electrons. The Bertz CT molecular complexity index is 928. The van der Waals surface area contributed by atoms with E-state index in [1.54, 1.807) is 12.1 Å². The lowest BCUT2D eigenvalue weighted by Gasteiger charge is -2.34. The molecule has 6 nitrogen and oxygen atoms in total. The van der Waals surface area contributed by atoms with Crippen molar-refractivity contribution in [3.63, 3.8) is 0 Å². The Morgan fingerprint density at radius 3 is 1.37 bits per heavy atom. The Balaban J connectivity index is 1.47. The summed E-state index contributed by atoms with van der Waals surface area (Å²) in [6, 6.07) is 3.50. The Morgan fingerprint density at radius 1 is 0.700 bits per heavy atom. The van der Waals surface area contributed by atoms with Crippen molar-refractivity contribution < 1.29 is 28.5 Å². The van der Waals surface area contributed by atoms with E-state index in [9.17, 15) is 9.59 Å². The second kappa shape index (κ2) is 7.05. The van der Waals surface area contributed by atoms with Crippen molar-refractivity contribution >= 4 is 34.2 Å². The SMILES string of the molecule is CC1(C)COC(c2cc3c(s2)-c2sc(C4OCC(C)(C)CO4)cc2C(=O)C3=O)OC1. The molecular formula is C22H24O6S2. The van der Waals surface area contributed by atoms with E-state index in [-0.39, 0.29) is 10.8 Å². The molecule has 0 atom stereocenters. The number of hydrogen-bond acceptors (Lipinski definition) is 8. The number of rotatable bonds is 2. The molecule has 0 radical (unpaired) electrons. The Morgan fingerprint density at radius 2 is 1.03 bits per heavy atom. The minimum atomic E-state index is -0.508. The van der Waals surface area contributed by atoms with E-state index in [0.717, 1.165) is 19.5 Å². The summed E-state index contributed by atoms with van der Waals surface area (Å²) in [5.74, 6) is -0.959. The first-order valence-electron chi connectivity index (χ1n) is 9.97. The van der Waals surface area contributed by atoms with Crippen LogP contribution >= 0.6 is 22.7 Å². The summed E-state index contributed by atoms with van der Waals surface area (Å²) < 4.78 is 23.5. The van der Waals surface area contributed by atoms with Crippen molar-refractivity contribution in [3.8, 4) is 9.75 Å². The molecule has 0 bridgehead atoms. The van der Waals surface area contributed by atoms with Gasteiger partial charge in [0.05, 0.1) is 45.9 Å². The molecule has 2 aromatic rings. The first-order valence-corrected chi connectivity index (χ1v) is 11.6. The molecule has 0 N–H and O–H groups in total. The van der Waals surface area contributed by atoms with Crippen LogP contribution in [0.3, 0.4) is 0 Å². The third-order valence-corrected chi connectivity index (χ3v) is 7.85. The molecule has 0 saturated carbocycles. The molecule has 30 heavy (non-hydrogen) atoms. The van der Waals surface area contributed by atoms with E-state index < -0.39 is 24.1 Å². The first kappa shape index (κ1) is 20.5. The summed E-state index contributed by atoms with van der Waals surface area (Å²) in [6.45, 7) is 10.6. The number of carbonyl (C=O) groups excluding carboxylic acids is 2. The maximum absolute atomic E-state index is 12.8. The van der Waals surface area contributed by atoms with Gasteiger partial charge < -0.3 is 18.9 Å². The summed E-state index contributed by atoms with van der Waals surface area (Å²) in [4.78, 5) is 28.8. The number of thiophene rings is 2. The lowest BCUT2D eigenvalue weighted by Crippen LogP contribution is -2.33.